The van der Waals surface area contributed by atoms with E-state index in [0.717, 1.165) is 30.0 Å². The quantitative estimate of drug-likeness (QED) is 0.642. The zero-order chi connectivity index (χ0) is 12.3. The van der Waals surface area contributed by atoms with Crippen LogP contribution in [0.25, 0.3) is 0 Å². The number of hydrogen-bond acceptors (Lipinski definition) is 3. The zero-order valence-electron chi connectivity index (χ0n) is 10.0. The minimum Gasteiger partial charge on any atom is -0.378 e. The number of benzene rings is 1. The molecular formula is C13H19ClN2O. The Bertz CT molecular complexity index is 372. The maximum absolute atomic E-state index is 6.23. The number of hydrogen-bond donors (Lipinski definition) is 2. The number of halogens is 1. The van der Waals surface area contributed by atoms with Gasteiger partial charge in [-0.2, -0.15) is 0 Å². The molecule has 0 bridgehead atoms. The predicted molar refractivity (Wildman–Crippen MR) is 69.7 cm³/mol. The zero-order valence-corrected chi connectivity index (χ0v) is 10.8. The molecule has 0 aromatic heterocycles. The van der Waals surface area contributed by atoms with E-state index in [2.05, 4.69) is 12.3 Å². The van der Waals surface area contributed by atoms with E-state index in [9.17, 15) is 0 Å². The van der Waals surface area contributed by atoms with Crippen molar-refractivity contribution in [3.8, 4) is 0 Å². The summed E-state index contributed by atoms with van der Waals surface area (Å²) in [5.74, 6) is 6.10. The van der Waals surface area contributed by atoms with Crippen molar-refractivity contribution in [3.05, 3.63) is 34.9 Å². The fourth-order valence-corrected chi connectivity index (χ4v) is 2.89. The molecule has 1 aromatic carbocycles. The lowest BCUT2D eigenvalue weighted by Gasteiger charge is -2.27. The summed E-state index contributed by atoms with van der Waals surface area (Å²) in [6, 6.07) is 7.91. The van der Waals surface area contributed by atoms with Gasteiger partial charge in [-0.1, -0.05) is 36.7 Å². The van der Waals surface area contributed by atoms with Crippen molar-refractivity contribution >= 4 is 11.6 Å². The molecule has 2 rings (SSSR count). The molecule has 0 spiro atoms. The standard InChI is InChI=1S/C13H19ClN2O/c1-2-12-10(7-8-17-12)13(16-15)9-5-3-4-6-11(9)14/h3-6,10,12-13,16H,2,7-8,15H2,1H3. The molecule has 94 valence electrons. The monoisotopic (exact) mass is 254 g/mol. The van der Waals surface area contributed by atoms with Crippen LogP contribution >= 0.6 is 11.6 Å². The van der Waals surface area contributed by atoms with E-state index in [1.54, 1.807) is 0 Å². The maximum Gasteiger partial charge on any atom is 0.0620 e. The van der Waals surface area contributed by atoms with Crippen LogP contribution in [0.5, 0.6) is 0 Å². The third-order valence-corrected chi connectivity index (χ3v) is 3.86. The van der Waals surface area contributed by atoms with Crippen molar-refractivity contribution in [3.63, 3.8) is 0 Å². The summed E-state index contributed by atoms with van der Waals surface area (Å²) in [7, 11) is 0. The SMILES string of the molecule is CCC1OCCC1C(NN)c1ccccc1Cl. The summed E-state index contributed by atoms with van der Waals surface area (Å²) in [6.45, 7) is 2.95. The Morgan fingerprint density at radius 3 is 2.94 bits per heavy atom. The van der Waals surface area contributed by atoms with E-state index in [1.807, 2.05) is 24.3 Å². The second-order valence-corrected chi connectivity index (χ2v) is 4.84. The van der Waals surface area contributed by atoms with Gasteiger partial charge in [-0.15, -0.1) is 0 Å². The van der Waals surface area contributed by atoms with Crippen LogP contribution in [-0.4, -0.2) is 12.7 Å². The van der Waals surface area contributed by atoms with E-state index < -0.39 is 0 Å². The van der Waals surface area contributed by atoms with Gasteiger partial charge in [0.15, 0.2) is 0 Å². The molecule has 1 aliphatic rings. The predicted octanol–water partition coefficient (Wildman–Crippen LogP) is 2.66. The number of hydrazine groups is 1. The molecule has 1 aromatic rings. The second kappa shape index (κ2) is 5.83. The maximum atomic E-state index is 6.23. The van der Waals surface area contributed by atoms with Crippen molar-refractivity contribution in [2.45, 2.75) is 31.9 Å². The number of ether oxygens (including phenoxy) is 1. The Morgan fingerprint density at radius 1 is 1.53 bits per heavy atom. The van der Waals surface area contributed by atoms with Crippen LogP contribution in [0.3, 0.4) is 0 Å². The van der Waals surface area contributed by atoms with Crippen molar-refractivity contribution in [2.75, 3.05) is 6.61 Å². The lowest BCUT2D eigenvalue weighted by atomic mass is 9.87. The summed E-state index contributed by atoms with van der Waals surface area (Å²) in [5, 5.41) is 0.761. The minimum atomic E-state index is 0.0659. The van der Waals surface area contributed by atoms with Gasteiger partial charge in [0.25, 0.3) is 0 Å². The summed E-state index contributed by atoms with van der Waals surface area (Å²) in [5.41, 5.74) is 3.96. The highest BCUT2D eigenvalue weighted by Gasteiger charge is 2.34. The Hall–Kier alpha value is -0.610. The average Bonchev–Trinajstić information content (AvgIpc) is 2.81. The van der Waals surface area contributed by atoms with E-state index in [0.29, 0.717) is 5.92 Å². The minimum absolute atomic E-state index is 0.0659. The van der Waals surface area contributed by atoms with Crippen molar-refractivity contribution in [2.24, 2.45) is 11.8 Å². The highest BCUT2D eigenvalue weighted by atomic mass is 35.5. The third kappa shape index (κ3) is 2.63. The van der Waals surface area contributed by atoms with Crippen molar-refractivity contribution in [1.82, 2.24) is 5.43 Å². The second-order valence-electron chi connectivity index (χ2n) is 4.44. The van der Waals surface area contributed by atoms with Crippen LogP contribution in [0.4, 0.5) is 0 Å². The fraction of sp³-hybridized carbons (Fsp3) is 0.538. The number of rotatable bonds is 4. The van der Waals surface area contributed by atoms with Crippen LogP contribution < -0.4 is 11.3 Å². The first-order valence-corrected chi connectivity index (χ1v) is 6.47. The third-order valence-electron chi connectivity index (χ3n) is 3.51. The van der Waals surface area contributed by atoms with E-state index >= 15 is 0 Å². The van der Waals surface area contributed by atoms with Gasteiger partial charge in [-0.25, -0.2) is 0 Å². The normalized spacial score (nSPS) is 26.1. The first-order chi connectivity index (χ1) is 8.27. The van der Waals surface area contributed by atoms with Gasteiger partial charge >= 0.3 is 0 Å². The summed E-state index contributed by atoms with van der Waals surface area (Å²) in [4.78, 5) is 0. The Balaban J connectivity index is 2.24. The molecule has 1 heterocycles. The van der Waals surface area contributed by atoms with Crippen molar-refractivity contribution in [1.29, 1.82) is 0 Å². The lowest BCUT2D eigenvalue weighted by Crippen LogP contribution is -2.37. The summed E-state index contributed by atoms with van der Waals surface area (Å²) >= 11 is 6.23. The van der Waals surface area contributed by atoms with Gasteiger partial charge in [0.05, 0.1) is 12.1 Å². The molecule has 17 heavy (non-hydrogen) atoms. The average molecular weight is 255 g/mol. The van der Waals surface area contributed by atoms with Crippen LogP contribution in [0.1, 0.15) is 31.4 Å². The highest BCUT2D eigenvalue weighted by Crippen LogP contribution is 2.36. The molecule has 1 aliphatic heterocycles. The van der Waals surface area contributed by atoms with Gasteiger partial charge in [0, 0.05) is 17.5 Å². The smallest absolute Gasteiger partial charge is 0.0620 e. The Kier molecular flexibility index (Phi) is 4.40. The first kappa shape index (κ1) is 12.8. The molecule has 1 fully saturated rings. The molecule has 4 heteroatoms. The first-order valence-electron chi connectivity index (χ1n) is 6.10. The molecule has 3 N–H and O–H groups in total. The van der Waals surface area contributed by atoms with E-state index in [4.69, 9.17) is 22.2 Å². The van der Waals surface area contributed by atoms with Gasteiger partial charge < -0.3 is 4.74 Å². The summed E-state index contributed by atoms with van der Waals surface area (Å²) in [6.07, 6.45) is 2.30. The largest absolute Gasteiger partial charge is 0.378 e. The molecule has 0 aliphatic carbocycles. The number of nitrogens with one attached hydrogen (secondary N) is 1. The van der Waals surface area contributed by atoms with Crippen LogP contribution in [0, 0.1) is 5.92 Å². The molecule has 1 saturated heterocycles. The van der Waals surface area contributed by atoms with Crippen LogP contribution in [0.2, 0.25) is 5.02 Å². The number of nitrogens with two attached hydrogens (primary N) is 1. The van der Waals surface area contributed by atoms with Crippen LogP contribution in [0.15, 0.2) is 24.3 Å². The molecular weight excluding hydrogens is 236 g/mol. The molecule has 3 nitrogen and oxygen atoms in total. The van der Waals surface area contributed by atoms with Gasteiger partial charge in [0.2, 0.25) is 0 Å². The Morgan fingerprint density at radius 2 is 2.29 bits per heavy atom. The van der Waals surface area contributed by atoms with E-state index in [-0.39, 0.29) is 12.1 Å². The van der Waals surface area contributed by atoms with Crippen molar-refractivity contribution < 1.29 is 4.74 Å². The fourth-order valence-electron chi connectivity index (χ4n) is 2.64. The summed E-state index contributed by atoms with van der Waals surface area (Å²) < 4.78 is 5.72. The molecule has 0 amide bonds. The van der Waals surface area contributed by atoms with E-state index in [1.165, 1.54) is 0 Å². The van der Waals surface area contributed by atoms with Gasteiger partial charge in [-0.05, 0) is 24.5 Å². The molecule has 0 radical (unpaired) electrons. The van der Waals surface area contributed by atoms with Gasteiger partial charge in [0.1, 0.15) is 0 Å². The topological polar surface area (TPSA) is 47.3 Å². The highest BCUT2D eigenvalue weighted by molar-refractivity contribution is 6.31. The van der Waals surface area contributed by atoms with Crippen LogP contribution in [-0.2, 0) is 4.74 Å². The molecule has 3 atom stereocenters. The lowest BCUT2D eigenvalue weighted by molar-refractivity contribution is 0.0774. The molecule has 3 unspecified atom stereocenters. The Labute approximate surface area is 107 Å². The van der Waals surface area contributed by atoms with Gasteiger partial charge in [-0.3, -0.25) is 11.3 Å². The molecule has 0 saturated carbocycles.